The van der Waals surface area contributed by atoms with Gasteiger partial charge in [0.15, 0.2) is 9.84 Å². The largest absolute Gasteiger partial charge is 0.316 e. The molecule has 0 aliphatic carbocycles. The molecule has 1 aromatic rings. The fraction of sp³-hybridized carbons (Fsp3) is 0.600. The molecule has 0 radical (unpaired) electrons. The van der Waals surface area contributed by atoms with Crippen LogP contribution < -0.4 is 5.32 Å². The van der Waals surface area contributed by atoms with Crippen LogP contribution >= 0.6 is 0 Å². The maximum Gasteiger partial charge on any atom is 0.178 e. The van der Waals surface area contributed by atoms with Crippen molar-refractivity contribution in [3.63, 3.8) is 0 Å². The maximum absolute atomic E-state index is 12.2. The van der Waals surface area contributed by atoms with Crippen molar-refractivity contribution >= 4 is 9.84 Å². The van der Waals surface area contributed by atoms with E-state index in [1.165, 1.54) is 0 Å². The molecule has 108 valence electrons. The average Bonchev–Trinajstić information content (AvgIpc) is 2.27. The molecule has 0 bridgehead atoms. The quantitative estimate of drug-likeness (QED) is 0.783. The van der Waals surface area contributed by atoms with Crippen LogP contribution in [0.15, 0.2) is 23.1 Å². The highest BCUT2D eigenvalue weighted by molar-refractivity contribution is 7.91. The Balaban J connectivity index is 2.56. The van der Waals surface area contributed by atoms with Crippen LogP contribution in [-0.4, -0.2) is 27.3 Å². The van der Waals surface area contributed by atoms with E-state index in [0.717, 1.165) is 24.2 Å². The van der Waals surface area contributed by atoms with Crippen molar-refractivity contribution in [2.24, 2.45) is 5.92 Å². The van der Waals surface area contributed by atoms with Gasteiger partial charge in [0.2, 0.25) is 0 Å². The third-order valence-electron chi connectivity index (χ3n) is 2.98. The minimum Gasteiger partial charge on any atom is -0.316 e. The van der Waals surface area contributed by atoms with Crippen LogP contribution in [0.25, 0.3) is 0 Å². The molecule has 1 rings (SSSR count). The molecule has 0 aliphatic heterocycles. The van der Waals surface area contributed by atoms with Gasteiger partial charge < -0.3 is 5.32 Å². The second kappa shape index (κ2) is 7.06. The van der Waals surface area contributed by atoms with Gasteiger partial charge in [-0.15, -0.1) is 0 Å². The molecule has 1 N–H and O–H groups in total. The Hall–Kier alpha value is -0.870. The lowest BCUT2D eigenvalue weighted by Crippen LogP contribution is -2.22. The molecular formula is C15H25NO2S. The summed E-state index contributed by atoms with van der Waals surface area (Å²) in [6, 6.07) is 5.50. The number of sulfone groups is 1. The molecule has 0 saturated carbocycles. The first-order chi connectivity index (χ1) is 8.83. The number of nitrogens with one attached hydrogen (secondary N) is 1. The highest BCUT2D eigenvalue weighted by Gasteiger charge is 2.16. The smallest absolute Gasteiger partial charge is 0.178 e. The minimum absolute atomic E-state index is 0.210. The average molecular weight is 283 g/mol. The van der Waals surface area contributed by atoms with E-state index in [2.05, 4.69) is 19.2 Å². The summed E-state index contributed by atoms with van der Waals surface area (Å²) in [5.41, 5.74) is 1.94. The standard InChI is InChI=1S/C15H25NO2S/c1-12(2)11-16-8-5-9-19(17,18)15-7-6-13(3)10-14(15)4/h6-7,10,12,16H,5,8-9,11H2,1-4H3. The second-order valence-corrected chi connectivity index (χ2v) is 7.62. The van der Waals surface area contributed by atoms with E-state index in [4.69, 9.17) is 0 Å². The first-order valence-electron chi connectivity index (χ1n) is 6.83. The molecule has 0 aliphatic rings. The molecule has 4 heteroatoms. The van der Waals surface area contributed by atoms with Crippen LogP contribution in [0.5, 0.6) is 0 Å². The van der Waals surface area contributed by atoms with Crippen molar-refractivity contribution < 1.29 is 8.42 Å². The summed E-state index contributed by atoms with van der Waals surface area (Å²) >= 11 is 0. The topological polar surface area (TPSA) is 46.2 Å². The minimum atomic E-state index is -3.15. The Morgan fingerprint density at radius 1 is 1.21 bits per heavy atom. The highest BCUT2D eigenvalue weighted by Crippen LogP contribution is 2.18. The van der Waals surface area contributed by atoms with Crippen molar-refractivity contribution in [2.75, 3.05) is 18.8 Å². The molecule has 0 aromatic heterocycles. The monoisotopic (exact) mass is 283 g/mol. The van der Waals surface area contributed by atoms with Crippen LogP contribution in [0.2, 0.25) is 0 Å². The predicted molar refractivity (Wildman–Crippen MR) is 80.3 cm³/mol. The molecule has 0 unspecified atom stereocenters. The Labute approximate surface area is 117 Å². The van der Waals surface area contributed by atoms with E-state index in [1.807, 2.05) is 26.0 Å². The molecule has 1 aromatic carbocycles. The number of benzene rings is 1. The van der Waals surface area contributed by atoms with Crippen molar-refractivity contribution in [3.8, 4) is 0 Å². The van der Waals surface area contributed by atoms with Gasteiger partial charge >= 0.3 is 0 Å². The van der Waals surface area contributed by atoms with E-state index in [9.17, 15) is 8.42 Å². The molecule has 0 spiro atoms. The Bertz CT molecular complexity index is 507. The number of rotatable bonds is 7. The van der Waals surface area contributed by atoms with Crippen molar-refractivity contribution in [1.82, 2.24) is 5.32 Å². The van der Waals surface area contributed by atoms with Crippen molar-refractivity contribution in [1.29, 1.82) is 0 Å². The molecule has 0 fully saturated rings. The van der Waals surface area contributed by atoms with Gasteiger partial charge in [-0.25, -0.2) is 8.42 Å². The first-order valence-corrected chi connectivity index (χ1v) is 8.49. The van der Waals surface area contributed by atoms with E-state index < -0.39 is 9.84 Å². The van der Waals surface area contributed by atoms with Gasteiger partial charge in [0.1, 0.15) is 0 Å². The van der Waals surface area contributed by atoms with Gasteiger partial charge in [0.05, 0.1) is 10.6 Å². The van der Waals surface area contributed by atoms with Crippen molar-refractivity contribution in [2.45, 2.75) is 39.0 Å². The molecule has 3 nitrogen and oxygen atoms in total. The summed E-state index contributed by atoms with van der Waals surface area (Å²) in [6.07, 6.45) is 0.655. The number of hydrogen-bond donors (Lipinski definition) is 1. The lowest BCUT2D eigenvalue weighted by Gasteiger charge is -2.10. The fourth-order valence-corrected chi connectivity index (χ4v) is 3.61. The van der Waals surface area contributed by atoms with Crippen LogP contribution in [0.1, 0.15) is 31.4 Å². The third-order valence-corrected chi connectivity index (χ3v) is 4.94. The summed E-state index contributed by atoms with van der Waals surface area (Å²) in [4.78, 5) is 0.474. The third kappa shape index (κ3) is 5.33. The molecule has 0 amide bonds. The van der Waals surface area contributed by atoms with Crippen LogP contribution in [0, 0.1) is 19.8 Å². The maximum atomic E-state index is 12.2. The zero-order chi connectivity index (χ0) is 14.5. The van der Waals surface area contributed by atoms with Crippen LogP contribution in [-0.2, 0) is 9.84 Å². The number of aryl methyl sites for hydroxylation is 2. The number of hydrogen-bond acceptors (Lipinski definition) is 3. The van der Waals surface area contributed by atoms with E-state index >= 15 is 0 Å². The fourth-order valence-electron chi connectivity index (χ4n) is 2.04. The van der Waals surface area contributed by atoms with Crippen molar-refractivity contribution in [3.05, 3.63) is 29.3 Å². The summed E-state index contributed by atoms with van der Waals surface area (Å²) in [5.74, 6) is 0.804. The molecule has 19 heavy (non-hydrogen) atoms. The molecule has 0 heterocycles. The second-order valence-electron chi connectivity index (χ2n) is 5.54. The summed E-state index contributed by atoms with van der Waals surface area (Å²) in [7, 11) is -3.15. The zero-order valence-corrected chi connectivity index (χ0v) is 13.2. The van der Waals surface area contributed by atoms with Gasteiger partial charge in [0, 0.05) is 0 Å². The van der Waals surface area contributed by atoms with E-state index in [1.54, 1.807) is 6.07 Å². The predicted octanol–water partition coefficient (Wildman–Crippen LogP) is 2.71. The summed E-state index contributed by atoms with van der Waals surface area (Å²) in [6.45, 7) is 9.79. The first kappa shape index (κ1) is 16.2. The van der Waals surface area contributed by atoms with E-state index in [0.29, 0.717) is 17.2 Å². The SMILES string of the molecule is Cc1ccc(S(=O)(=O)CCCNCC(C)C)c(C)c1. The normalized spacial score (nSPS) is 12.1. The molecule has 0 atom stereocenters. The molecule has 0 saturated heterocycles. The Morgan fingerprint density at radius 2 is 1.89 bits per heavy atom. The van der Waals surface area contributed by atoms with Crippen LogP contribution in [0.4, 0.5) is 0 Å². The van der Waals surface area contributed by atoms with Gasteiger partial charge in [-0.05, 0) is 50.9 Å². The summed E-state index contributed by atoms with van der Waals surface area (Å²) in [5, 5.41) is 3.27. The lowest BCUT2D eigenvalue weighted by atomic mass is 10.2. The summed E-state index contributed by atoms with van der Waals surface area (Å²) < 4.78 is 24.5. The van der Waals surface area contributed by atoms with Gasteiger partial charge in [-0.1, -0.05) is 31.5 Å². The van der Waals surface area contributed by atoms with Gasteiger partial charge in [-0.3, -0.25) is 0 Å². The molecular weight excluding hydrogens is 258 g/mol. The van der Waals surface area contributed by atoms with Crippen LogP contribution in [0.3, 0.4) is 0 Å². The van der Waals surface area contributed by atoms with Gasteiger partial charge in [-0.2, -0.15) is 0 Å². The highest BCUT2D eigenvalue weighted by atomic mass is 32.2. The Kier molecular flexibility index (Phi) is 6.01. The zero-order valence-electron chi connectivity index (χ0n) is 12.4. The Morgan fingerprint density at radius 3 is 2.47 bits per heavy atom. The lowest BCUT2D eigenvalue weighted by molar-refractivity contribution is 0.546. The van der Waals surface area contributed by atoms with Gasteiger partial charge in [0.25, 0.3) is 0 Å². The van der Waals surface area contributed by atoms with E-state index in [-0.39, 0.29) is 5.75 Å².